The molecule has 0 saturated carbocycles. The summed E-state index contributed by atoms with van der Waals surface area (Å²) in [5.41, 5.74) is 3.27. The number of rotatable bonds is 5. The summed E-state index contributed by atoms with van der Waals surface area (Å²) in [6, 6.07) is 2.33. The van der Waals surface area contributed by atoms with Crippen molar-refractivity contribution in [2.24, 2.45) is 7.05 Å². The third-order valence-corrected chi connectivity index (χ3v) is 3.22. The van der Waals surface area contributed by atoms with Crippen molar-refractivity contribution in [3.8, 4) is 0 Å². The molecule has 0 fully saturated rings. The molecule has 1 atom stereocenters. The molecule has 0 aliphatic heterocycles. The van der Waals surface area contributed by atoms with Crippen LogP contribution in [0.25, 0.3) is 0 Å². The van der Waals surface area contributed by atoms with E-state index in [0.717, 1.165) is 24.4 Å². The summed E-state index contributed by atoms with van der Waals surface area (Å²) in [5, 5.41) is 13.9. The molecule has 5 nitrogen and oxygen atoms in total. The highest BCUT2D eigenvalue weighted by Gasteiger charge is 2.16. The second kappa shape index (κ2) is 5.37. The molecule has 0 aromatic carbocycles. The molecule has 2 aromatic rings. The minimum Gasteiger partial charge on any atom is -0.309 e. The minimum absolute atomic E-state index is 0.216. The monoisotopic (exact) mass is 251 g/mol. The minimum atomic E-state index is 0.216. The molecule has 0 aliphatic rings. The summed E-state index contributed by atoms with van der Waals surface area (Å²) in [7, 11) is 1.98. The van der Waals surface area contributed by atoms with E-state index in [-0.39, 0.29) is 6.04 Å². The standard InChI is InChI=1S/C11H17N5S/c1-4-12-10(11-7-17-15-13-11)6-9-5-8(2)14-16(9)3/h5,7,10,12H,4,6H2,1-3H3. The van der Waals surface area contributed by atoms with Gasteiger partial charge in [0.1, 0.15) is 0 Å². The van der Waals surface area contributed by atoms with Gasteiger partial charge in [-0.3, -0.25) is 4.68 Å². The number of hydrogen-bond acceptors (Lipinski definition) is 5. The molecule has 0 saturated heterocycles. The molecule has 92 valence electrons. The van der Waals surface area contributed by atoms with Gasteiger partial charge in [0.2, 0.25) is 0 Å². The molecular weight excluding hydrogens is 234 g/mol. The van der Waals surface area contributed by atoms with Crippen LogP contribution in [0.15, 0.2) is 11.4 Å². The van der Waals surface area contributed by atoms with Gasteiger partial charge in [0, 0.05) is 24.5 Å². The topological polar surface area (TPSA) is 55.6 Å². The first kappa shape index (κ1) is 12.2. The maximum absolute atomic E-state index is 4.36. The second-order valence-electron chi connectivity index (χ2n) is 4.04. The van der Waals surface area contributed by atoms with Crippen molar-refractivity contribution in [3.63, 3.8) is 0 Å². The number of aromatic nitrogens is 4. The van der Waals surface area contributed by atoms with E-state index in [0.29, 0.717) is 0 Å². The molecule has 2 rings (SSSR count). The molecular formula is C11H17N5S. The first-order chi connectivity index (χ1) is 8.20. The molecule has 0 spiro atoms. The van der Waals surface area contributed by atoms with Gasteiger partial charge >= 0.3 is 0 Å². The SMILES string of the molecule is CCNC(Cc1cc(C)nn1C)c1csnn1. The van der Waals surface area contributed by atoms with Crippen LogP contribution >= 0.6 is 11.5 Å². The summed E-state index contributed by atoms with van der Waals surface area (Å²) in [4.78, 5) is 0. The van der Waals surface area contributed by atoms with Crippen molar-refractivity contribution in [2.45, 2.75) is 26.3 Å². The highest BCUT2D eigenvalue weighted by molar-refractivity contribution is 7.03. The zero-order chi connectivity index (χ0) is 12.3. The van der Waals surface area contributed by atoms with Crippen LogP contribution in [-0.2, 0) is 13.5 Å². The van der Waals surface area contributed by atoms with Crippen molar-refractivity contribution in [2.75, 3.05) is 6.54 Å². The van der Waals surface area contributed by atoms with Gasteiger partial charge < -0.3 is 5.32 Å². The zero-order valence-corrected chi connectivity index (χ0v) is 11.2. The van der Waals surface area contributed by atoms with Gasteiger partial charge in [-0.05, 0) is 31.1 Å². The van der Waals surface area contributed by atoms with E-state index in [1.54, 1.807) is 0 Å². The van der Waals surface area contributed by atoms with Gasteiger partial charge in [0.05, 0.1) is 17.4 Å². The lowest BCUT2D eigenvalue weighted by molar-refractivity contribution is 0.516. The number of likely N-dealkylation sites (N-methyl/N-ethyl adjacent to an activating group) is 1. The Morgan fingerprint density at radius 2 is 2.35 bits per heavy atom. The third-order valence-electron chi connectivity index (χ3n) is 2.70. The molecule has 0 amide bonds. The highest BCUT2D eigenvalue weighted by atomic mass is 32.1. The number of nitrogens with one attached hydrogen (secondary N) is 1. The quantitative estimate of drug-likeness (QED) is 0.874. The number of nitrogens with zero attached hydrogens (tertiary/aromatic N) is 4. The zero-order valence-electron chi connectivity index (χ0n) is 10.3. The largest absolute Gasteiger partial charge is 0.309 e. The normalized spacial score (nSPS) is 12.9. The first-order valence-electron chi connectivity index (χ1n) is 5.70. The molecule has 2 heterocycles. The summed E-state index contributed by atoms with van der Waals surface area (Å²) in [6.45, 7) is 5.02. The Morgan fingerprint density at radius 3 is 2.88 bits per heavy atom. The third kappa shape index (κ3) is 2.89. The smallest absolute Gasteiger partial charge is 0.0928 e. The van der Waals surface area contributed by atoms with Crippen LogP contribution in [0.1, 0.15) is 30.0 Å². The fraction of sp³-hybridized carbons (Fsp3) is 0.545. The Labute approximate surface area is 105 Å². The molecule has 17 heavy (non-hydrogen) atoms. The lowest BCUT2D eigenvalue weighted by Crippen LogP contribution is -2.24. The van der Waals surface area contributed by atoms with Gasteiger partial charge in [0.25, 0.3) is 0 Å². The van der Waals surface area contributed by atoms with E-state index in [4.69, 9.17) is 0 Å². The van der Waals surface area contributed by atoms with Crippen LogP contribution in [0.2, 0.25) is 0 Å². The average molecular weight is 251 g/mol. The Morgan fingerprint density at radius 1 is 1.53 bits per heavy atom. The molecule has 0 aliphatic carbocycles. The van der Waals surface area contributed by atoms with Crippen LogP contribution in [0.5, 0.6) is 0 Å². The molecule has 1 N–H and O–H groups in total. The van der Waals surface area contributed by atoms with E-state index in [9.17, 15) is 0 Å². The molecule has 2 aromatic heterocycles. The van der Waals surface area contributed by atoms with Crippen molar-refractivity contribution < 1.29 is 0 Å². The fourth-order valence-electron chi connectivity index (χ4n) is 1.92. The van der Waals surface area contributed by atoms with Gasteiger partial charge in [-0.1, -0.05) is 11.4 Å². The Hall–Kier alpha value is -1.27. The van der Waals surface area contributed by atoms with Crippen LogP contribution < -0.4 is 5.32 Å². The molecule has 0 bridgehead atoms. The van der Waals surface area contributed by atoms with Crippen LogP contribution in [0.4, 0.5) is 0 Å². The van der Waals surface area contributed by atoms with Crippen molar-refractivity contribution in [1.82, 2.24) is 24.7 Å². The number of aryl methyl sites for hydroxylation is 2. The van der Waals surface area contributed by atoms with E-state index in [2.05, 4.69) is 33.0 Å². The van der Waals surface area contributed by atoms with E-state index in [1.165, 1.54) is 17.2 Å². The molecule has 0 radical (unpaired) electrons. The van der Waals surface area contributed by atoms with E-state index in [1.807, 2.05) is 24.0 Å². The van der Waals surface area contributed by atoms with Crippen molar-refractivity contribution in [1.29, 1.82) is 0 Å². The van der Waals surface area contributed by atoms with E-state index < -0.39 is 0 Å². The predicted octanol–water partition coefficient (Wildman–Crippen LogP) is 1.47. The summed E-state index contributed by atoms with van der Waals surface area (Å²) < 4.78 is 5.85. The summed E-state index contributed by atoms with van der Waals surface area (Å²) >= 11 is 1.39. The molecule has 1 unspecified atom stereocenters. The maximum Gasteiger partial charge on any atom is 0.0928 e. The highest BCUT2D eigenvalue weighted by Crippen LogP contribution is 2.17. The van der Waals surface area contributed by atoms with Crippen molar-refractivity contribution in [3.05, 3.63) is 28.5 Å². The molecule has 6 heteroatoms. The van der Waals surface area contributed by atoms with Gasteiger partial charge in [-0.15, -0.1) is 5.10 Å². The predicted molar refractivity (Wildman–Crippen MR) is 68.0 cm³/mol. The van der Waals surface area contributed by atoms with Gasteiger partial charge in [-0.2, -0.15) is 5.10 Å². The van der Waals surface area contributed by atoms with Gasteiger partial charge in [-0.25, -0.2) is 0 Å². The Bertz CT molecular complexity index is 462. The average Bonchev–Trinajstić information content (AvgIpc) is 2.88. The number of hydrogen-bond donors (Lipinski definition) is 1. The van der Waals surface area contributed by atoms with Gasteiger partial charge in [0.15, 0.2) is 0 Å². The fourth-order valence-corrected chi connectivity index (χ4v) is 2.42. The van der Waals surface area contributed by atoms with Crippen molar-refractivity contribution >= 4 is 11.5 Å². The lowest BCUT2D eigenvalue weighted by atomic mass is 10.1. The second-order valence-corrected chi connectivity index (χ2v) is 4.65. The summed E-state index contributed by atoms with van der Waals surface area (Å²) in [6.07, 6.45) is 0.886. The van der Waals surface area contributed by atoms with Crippen LogP contribution in [0, 0.1) is 6.92 Å². The van der Waals surface area contributed by atoms with E-state index >= 15 is 0 Å². The van der Waals surface area contributed by atoms with Crippen LogP contribution in [0.3, 0.4) is 0 Å². The summed E-state index contributed by atoms with van der Waals surface area (Å²) in [5.74, 6) is 0. The van der Waals surface area contributed by atoms with Crippen LogP contribution in [-0.4, -0.2) is 25.9 Å². The lowest BCUT2D eigenvalue weighted by Gasteiger charge is -2.14. The maximum atomic E-state index is 4.36. The first-order valence-corrected chi connectivity index (χ1v) is 6.54. The Kier molecular flexibility index (Phi) is 3.86. The Balaban J connectivity index is 2.15.